The highest BCUT2D eigenvalue weighted by atomic mass is 32.2. The normalized spacial score (nSPS) is 12.9. The number of thiol groups is 1. The van der Waals surface area contributed by atoms with Crippen molar-refractivity contribution in [3.63, 3.8) is 0 Å². The third-order valence-electron chi connectivity index (χ3n) is 3.05. The summed E-state index contributed by atoms with van der Waals surface area (Å²) in [6.07, 6.45) is 0. The van der Waals surface area contributed by atoms with Crippen molar-refractivity contribution in [3.05, 3.63) is 24.3 Å². The Morgan fingerprint density at radius 1 is 1.43 bits per heavy atom. The molecule has 0 aliphatic carbocycles. The number of nitrogens with one attached hydrogen (secondary N) is 1. The van der Waals surface area contributed by atoms with Crippen molar-refractivity contribution in [3.8, 4) is 0 Å². The second-order valence-electron chi connectivity index (χ2n) is 5.41. The Hall–Kier alpha value is -1.67. The number of para-hydroxylation sites is 2. The van der Waals surface area contributed by atoms with E-state index in [-0.39, 0.29) is 11.7 Å². The van der Waals surface area contributed by atoms with Gasteiger partial charge in [0.1, 0.15) is 11.6 Å². The third-order valence-corrected chi connectivity index (χ3v) is 4.14. The number of fused-ring (bicyclic) bond motifs is 1. The number of carbonyl (C=O) groups is 2. The minimum atomic E-state index is -0.840. The van der Waals surface area contributed by atoms with Gasteiger partial charge in [0.25, 0.3) is 5.22 Å². The van der Waals surface area contributed by atoms with E-state index in [0.717, 1.165) is 17.3 Å². The van der Waals surface area contributed by atoms with Gasteiger partial charge in [-0.2, -0.15) is 12.6 Å². The molecule has 1 unspecified atom stereocenters. The standard InChI is InChI=1S/C15H18N2O4S2/c1-15(2,22)12(13(19)20-3)17-11(18)8-23-14-16-9-6-4-5-7-10(9)21-14/h4-7,12,22H,8H2,1-3H3,(H,17,18). The van der Waals surface area contributed by atoms with Crippen LogP contribution in [0.1, 0.15) is 13.8 Å². The van der Waals surface area contributed by atoms with Gasteiger partial charge >= 0.3 is 5.97 Å². The number of amides is 1. The Kier molecular flexibility index (Phi) is 5.59. The first kappa shape index (κ1) is 17.7. The minimum absolute atomic E-state index is 0.0736. The molecule has 1 aromatic heterocycles. The van der Waals surface area contributed by atoms with Crippen molar-refractivity contribution in [1.29, 1.82) is 0 Å². The molecule has 1 heterocycles. The predicted molar refractivity (Wildman–Crippen MR) is 91.7 cm³/mol. The van der Waals surface area contributed by atoms with Crippen molar-refractivity contribution in [2.45, 2.75) is 29.9 Å². The highest BCUT2D eigenvalue weighted by molar-refractivity contribution is 7.99. The fraction of sp³-hybridized carbons (Fsp3) is 0.400. The van der Waals surface area contributed by atoms with Crippen molar-refractivity contribution in [2.24, 2.45) is 0 Å². The Morgan fingerprint density at radius 3 is 2.74 bits per heavy atom. The van der Waals surface area contributed by atoms with E-state index in [1.807, 2.05) is 24.3 Å². The zero-order valence-corrected chi connectivity index (χ0v) is 14.7. The number of carbonyl (C=O) groups excluding carboxylic acids is 2. The molecule has 1 amide bonds. The number of aromatic nitrogens is 1. The molecule has 0 saturated heterocycles. The first-order valence-electron chi connectivity index (χ1n) is 6.89. The number of methoxy groups -OCH3 is 1. The molecule has 0 fully saturated rings. The molecule has 0 aliphatic rings. The van der Waals surface area contributed by atoms with Gasteiger partial charge in [0.2, 0.25) is 5.91 Å². The van der Waals surface area contributed by atoms with E-state index in [0.29, 0.717) is 10.8 Å². The van der Waals surface area contributed by atoms with E-state index < -0.39 is 16.8 Å². The lowest BCUT2D eigenvalue weighted by Gasteiger charge is -2.27. The Balaban J connectivity index is 1.97. The van der Waals surface area contributed by atoms with E-state index >= 15 is 0 Å². The molecule has 0 bridgehead atoms. The molecule has 0 radical (unpaired) electrons. The lowest BCUT2D eigenvalue weighted by molar-refractivity contribution is -0.145. The van der Waals surface area contributed by atoms with E-state index in [1.54, 1.807) is 13.8 Å². The first-order valence-corrected chi connectivity index (χ1v) is 8.32. The summed E-state index contributed by atoms with van der Waals surface area (Å²) in [4.78, 5) is 28.1. The quantitative estimate of drug-likeness (QED) is 0.471. The molecule has 2 aromatic rings. The average molecular weight is 354 g/mol. The topological polar surface area (TPSA) is 81.4 Å². The summed E-state index contributed by atoms with van der Waals surface area (Å²) in [7, 11) is 1.27. The van der Waals surface area contributed by atoms with Crippen LogP contribution >= 0.6 is 24.4 Å². The van der Waals surface area contributed by atoms with Crippen LogP contribution in [0.2, 0.25) is 0 Å². The number of nitrogens with zero attached hydrogens (tertiary/aromatic N) is 1. The van der Waals surface area contributed by atoms with Crippen LogP contribution in [0.4, 0.5) is 0 Å². The zero-order valence-electron chi connectivity index (χ0n) is 13.0. The fourth-order valence-corrected chi connectivity index (χ4v) is 2.70. The van der Waals surface area contributed by atoms with E-state index in [9.17, 15) is 9.59 Å². The number of thioether (sulfide) groups is 1. The molecule has 1 atom stereocenters. The van der Waals surface area contributed by atoms with Crippen LogP contribution in [0.25, 0.3) is 11.1 Å². The average Bonchev–Trinajstić information content (AvgIpc) is 2.91. The van der Waals surface area contributed by atoms with Crippen molar-refractivity contribution < 1.29 is 18.7 Å². The first-order chi connectivity index (χ1) is 10.8. The largest absolute Gasteiger partial charge is 0.467 e. The summed E-state index contributed by atoms with van der Waals surface area (Å²) in [6.45, 7) is 3.46. The number of benzene rings is 1. The van der Waals surface area contributed by atoms with Gasteiger partial charge in [-0.25, -0.2) is 9.78 Å². The smallest absolute Gasteiger partial charge is 0.329 e. The summed E-state index contributed by atoms with van der Waals surface area (Å²) in [6, 6.07) is 6.52. The molecule has 124 valence electrons. The van der Waals surface area contributed by atoms with Gasteiger partial charge in [-0.15, -0.1) is 0 Å². The highest BCUT2D eigenvalue weighted by Crippen LogP contribution is 2.23. The molecular weight excluding hydrogens is 336 g/mol. The molecule has 8 heteroatoms. The number of rotatable bonds is 6. The molecule has 0 saturated carbocycles. The van der Waals surface area contributed by atoms with Gasteiger partial charge in [0.05, 0.1) is 12.9 Å². The van der Waals surface area contributed by atoms with Gasteiger partial charge in [-0.05, 0) is 26.0 Å². The van der Waals surface area contributed by atoms with Crippen LogP contribution in [-0.2, 0) is 14.3 Å². The second-order valence-corrected chi connectivity index (χ2v) is 7.49. The summed E-state index contributed by atoms with van der Waals surface area (Å²) in [5.74, 6) is -0.788. The maximum atomic E-state index is 12.1. The molecule has 6 nitrogen and oxygen atoms in total. The molecule has 23 heavy (non-hydrogen) atoms. The summed E-state index contributed by atoms with van der Waals surface area (Å²) < 4.78 is 9.48. The van der Waals surface area contributed by atoms with E-state index in [4.69, 9.17) is 9.15 Å². The monoisotopic (exact) mass is 354 g/mol. The van der Waals surface area contributed by atoms with Crippen LogP contribution in [0.3, 0.4) is 0 Å². The predicted octanol–water partition coefficient (Wildman–Crippen LogP) is 2.29. The van der Waals surface area contributed by atoms with Crippen molar-refractivity contribution >= 4 is 47.4 Å². The molecule has 0 aliphatic heterocycles. The van der Waals surface area contributed by atoms with Crippen LogP contribution in [0.5, 0.6) is 0 Å². The number of esters is 1. The lowest BCUT2D eigenvalue weighted by atomic mass is 10.0. The lowest BCUT2D eigenvalue weighted by Crippen LogP contribution is -2.52. The van der Waals surface area contributed by atoms with Gasteiger partial charge in [0, 0.05) is 4.75 Å². The summed E-state index contributed by atoms with van der Waals surface area (Å²) >= 11 is 5.50. The zero-order chi connectivity index (χ0) is 17.0. The maximum absolute atomic E-state index is 12.1. The summed E-state index contributed by atoms with van der Waals surface area (Å²) in [5, 5.41) is 3.04. The molecule has 1 N–H and O–H groups in total. The van der Waals surface area contributed by atoms with Crippen LogP contribution in [0.15, 0.2) is 33.9 Å². The molecular formula is C15H18N2O4S2. The van der Waals surface area contributed by atoms with E-state index in [2.05, 4.69) is 22.9 Å². The molecule has 2 rings (SSSR count). The third kappa shape index (κ3) is 4.65. The Morgan fingerprint density at radius 2 is 2.13 bits per heavy atom. The van der Waals surface area contributed by atoms with Gasteiger partial charge in [0.15, 0.2) is 5.58 Å². The number of ether oxygens (including phenoxy) is 1. The Labute approximate surface area is 143 Å². The molecule has 1 aromatic carbocycles. The number of oxazole rings is 1. The summed E-state index contributed by atoms with van der Waals surface area (Å²) in [5.41, 5.74) is 1.40. The molecule has 0 spiro atoms. The van der Waals surface area contributed by atoms with E-state index in [1.165, 1.54) is 7.11 Å². The van der Waals surface area contributed by atoms with Crippen LogP contribution in [0, 0.1) is 0 Å². The second kappa shape index (κ2) is 7.27. The van der Waals surface area contributed by atoms with Gasteiger partial charge in [-0.3, -0.25) is 4.79 Å². The fourth-order valence-electron chi connectivity index (χ4n) is 1.88. The Bertz CT molecular complexity index is 676. The van der Waals surface area contributed by atoms with Crippen molar-refractivity contribution in [2.75, 3.05) is 12.9 Å². The van der Waals surface area contributed by atoms with Crippen LogP contribution < -0.4 is 5.32 Å². The number of hydrogen-bond donors (Lipinski definition) is 2. The number of hydrogen-bond acceptors (Lipinski definition) is 7. The maximum Gasteiger partial charge on any atom is 0.329 e. The van der Waals surface area contributed by atoms with Crippen molar-refractivity contribution in [1.82, 2.24) is 10.3 Å². The minimum Gasteiger partial charge on any atom is -0.467 e. The van der Waals surface area contributed by atoms with Gasteiger partial charge < -0.3 is 14.5 Å². The van der Waals surface area contributed by atoms with Gasteiger partial charge in [-0.1, -0.05) is 23.9 Å². The van der Waals surface area contributed by atoms with Crippen LogP contribution in [-0.4, -0.2) is 40.5 Å². The SMILES string of the molecule is COC(=O)C(NC(=O)CSc1nc2ccccc2o1)C(C)(C)S. The highest BCUT2D eigenvalue weighted by Gasteiger charge is 2.34.